The van der Waals surface area contributed by atoms with Gasteiger partial charge in [-0.3, -0.25) is 4.79 Å². The van der Waals surface area contributed by atoms with Crippen molar-refractivity contribution in [3.63, 3.8) is 0 Å². The maximum atomic E-state index is 12.8. The van der Waals surface area contributed by atoms with Gasteiger partial charge < -0.3 is 9.64 Å². The van der Waals surface area contributed by atoms with Gasteiger partial charge in [-0.25, -0.2) is 4.98 Å². The summed E-state index contributed by atoms with van der Waals surface area (Å²) in [5.41, 5.74) is 1.58. The molecule has 1 heterocycles. The Kier molecular flexibility index (Phi) is 4.96. The van der Waals surface area contributed by atoms with Gasteiger partial charge in [0.1, 0.15) is 16.5 Å². The topological polar surface area (TPSA) is 42.4 Å². The van der Waals surface area contributed by atoms with E-state index in [9.17, 15) is 4.79 Å². The molecule has 0 radical (unpaired) electrons. The second-order valence-electron chi connectivity index (χ2n) is 5.80. The molecule has 122 valence electrons. The van der Waals surface area contributed by atoms with Crippen LogP contribution in [0.4, 0.5) is 0 Å². The van der Waals surface area contributed by atoms with Crippen LogP contribution < -0.4 is 4.74 Å². The van der Waals surface area contributed by atoms with Gasteiger partial charge in [-0.05, 0) is 44.0 Å². The SMILES string of the molecule is CCN(C(=O)c1csc(-c2ccc(OC)cc2)n1)C1CCCC1. The lowest BCUT2D eigenvalue weighted by Crippen LogP contribution is -2.38. The van der Waals surface area contributed by atoms with E-state index in [4.69, 9.17) is 4.74 Å². The van der Waals surface area contributed by atoms with Crippen LogP contribution in [0.1, 0.15) is 43.1 Å². The highest BCUT2D eigenvalue weighted by atomic mass is 32.1. The molecule has 1 amide bonds. The molecule has 0 aliphatic heterocycles. The molecular formula is C18H22N2O2S. The Morgan fingerprint density at radius 1 is 1.30 bits per heavy atom. The molecule has 1 aromatic heterocycles. The number of methoxy groups -OCH3 is 1. The Hall–Kier alpha value is -1.88. The first-order valence-electron chi connectivity index (χ1n) is 8.14. The zero-order chi connectivity index (χ0) is 16.2. The summed E-state index contributed by atoms with van der Waals surface area (Å²) in [5.74, 6) is 0.885. The lowest BCUT2D eigenvalue weighted by Gasteiger charge is -2.26. The fourth-order valence-corrected chi connectivity index (χ4v) is 3.97. The number of hydrogen-bond acceptors (Lipinski definition) is 4. The van der Waals surface area contributed by atoms with Crippen molar-refractivity contribution in [2.24, 2.45) is 0 Å². The number of thiazole rings is 1. The second kappa shape index (κ2) is 7.13. The van der Waals surface area contributed by atoms with Crippen LogP contribution in [0, 0.1) is 0 Å². The van der Waals surface area contributed by atoms with E-state index in [1.807, 2.05) is 41.5 Å². The van der Waals surface area contributed by atoms with Crippen LogP contribution in [0.3, 0.4) is 0 Å². The quantitative estimate of drug-likeness (QED) is 0.824. The number of aromatic nitrogens is 1. The van der Waals surface area contributed by atoms with Gasteiger partial charge in [0, 0.05) is 23.5 Å². The number of rotatable bonds is 5. The van der Waals surface area contributed by atoms with Gasteiger partial charge in [-0.15, -0.1) is 11.3 Å². The van der Waals surface area contributed by atoms with Crippen LogP contribution in [0.15, 0.2) is 29.6 Å². The maximum absolute atomic E-state index is 12.8. The van der Waals surface area contributed by atoms with E-state index < -0.39 is 0 Å². The molecule has 5 heteroatoms. The van der Waals surface area contributed by atoms with E-state index in [0.29, 0.717) is 11.7 Å². The fourth-order valence-electron chi connectivity index (χ4n) is 3.17. The van der Waals surface area contributed by atoms with Gasteiger partial charge in [0.25, 0.3) is 5.91 Å². The van der Waals surface area contributed by atoms with Crippen molar-refractivity contribution in [3.05, 3.63) is 35.3 Å². The zero-order valence-electron chi connectivity index (χ0n) is 13.6. The van der Waals surface area contributed by atoms with Gasteiger partial charge in [-0.2, -0.15) is 0 Å². The molecule has 1 aliphatic carbocycles. The van der Waals surface area contributed by atoms with E-state index in [1.54, 1.807) is 7.11 Å². The molecule has 3 rings (SSSR count). The van der Waals surface area contributed by atoms with Crippen LogP contribution >= 0.6 is 11.3 Å². The molecule has 1 fully saturated rings. The van der Waals surface area contributed by atoms with Crippen molar-refractivity contribution in [2.75, 3.05) is 13.7 Å². The lowest BCUT2D eigenvalue weighted by atomic mass is 10.2. The Balaban J connectivity index is 1.78. The summed E-state index contributed by atoms with van der Waals surface area (Å²) >= 11 is 1.52. The standard InChI is InChI=1S/C18H22N2O2S/c1-3-20(14-6-4-5-7-14)18(21)16-12-23-17(19-16)13-8-10-15(22-2)11-9-13/h8-12,14H,3-7H2,1-2H3. The van der Waals surface area contributed by atoms with E-state index >= 15 is 0 Å². The third-order valence-electron chi connectivity index (χ3n) is 4.43. The number of carbonyl (C=O) groups is 1. The van der Waals surface area contributed by atoms with Crippen LogP contribution in [-0.2, 0) is 0 Å². The summed E-state index contributed by atoms with van der Waals surface area (Å²) in [5, 5.41) is 2.75. The van der Waals surface area contributed by atoms with Gasteiger partial charge >= 0.3 is 0 Å². The van der Waals surface area contributed by atoms with Crippen molar-refractivity contribution in [2.45, 2.75) is 38.6 Å². The Labute approximate surface area is 141 Å². The molecule has 0 spiro atoms. The van der Waals surface area contributed by atoms with E-state index in [-0.39, 0.29) is 5.91 Å². The number of carbonyl (C=O) groups excluding carboxylic acids is 1. The van der Waals surface area contributed by atoms with Crippen molar-refractivity contribution in [1.29, 1.82) is 0 Å². The monoisotopic (exact) mass is 330 g/mol. The van der Waals surface area contributed by atoms with Crippen LogP contribution in [-0.4, -0.2) is 35.5 Å². The molecule has 23 heavy (non-hydrogen) atoms. The lowest BCUT2D eigenvalue weighted by molar-refractivity contribution is 0.0688. The summed E-state index contributed by atoms with van der Waals surface area (Å²) in [6, 6.07) is 8.16. The third-order valence-corrected chi connectivity index (χ3v) is 5.32. The minimum absolute atomic E-state index is 0.0652. The molecule has 1 aromatic carbocycles. The van der Waals surface area contributed by atoms with Gasteiger partial charge in [0.2, 0.25) is 0 Å². The Morgan fingerprint density at radius 3 is 2.61 bits per heavy atom. The van der Waals surface area contributed by atoms with Crippen molar-refractivity contribution < 1.29 is 9.53 Å². The van der Waals surface area contributed by atoms with Crippen LogP contribution in [0.25, 0.3) is 10.6 Å². The second-order valence-corrected chi connectivity index (χ2v) is 6.65. The predicted molar refractivity (Wildman–Crippen MR) is 93.1 cm³/mol. The predicted octanol–water partition coefficient (Wildman–Crippen LogP) is 4.22. The highest BCUT2D eigenvalue weighted by molar-refractivity contribution is 7.13. The number of nitrogens with zero attached hydrogens (tertiary/aromatic N) is 2. The van der Waals surface area contributed by atoms with Crippen molar-refractivity contribution in [3.8, 4) is 16.3 Å². The largest absolute Gasteiger partial charge is 0.497 e. The summed E-state index contributed by atoms with van der Waals surface area (Å²) in [7, 11) is 1.65. The minimum Gasteiger partial charge on any atom is -0.497 e. The van der Waals surface area contributed by atoms with Crippen molar-refractivity contribution in [1.82, 2.24) is 9.88 Å². The Morgan fingerprint density at radius 2 is 2.00 bits per heavy atom. The number of ether oxygens (including phenoxy) is 1. The van der Waals surface area contributed by atoms with Gasteiger partial charge in [0.15, 0.2) is 0 Å². The maximum Gasteiger partial charge on any atom is 0.273 e. The summed E-state index contributed by atoms with van der Waals surface area (Å²) < 4.78 is 5.17. The third kappa shape index (κ3) is 3.39. The molecule has 0 atom stereocenters. The minimum atomic E-state index is 0.0652. The average molecular weight is 330 g/mol. The molecule has 0 N–H and O–H groups in total. The number of hydrogen-bond donors (Lipinski definition) is 0. The molecular weight excluding hydrogens is 308 g/mol. The summed E-state index contributed by atoms with van der Waals surface area (Å²) in [6.45, 7) is 2.80. The van der Waals surface area contributed by atoms with Gasteiger partial charge in [-0.1, -0.05) is 12.8 Å². The number of amides is 1. The molecule has 0 saturated heterocycles. The van der Waals surface area contributed by atoms with Gasteiger partial charge in [0.05, 0.1) is 7.11 Å². The summed E-state index contributed by atoms with van der Waals surface area (Å²) in [4.78, 5) is 19.3. The van der Waals surface area contributed by atoms with Crippen LogP contribution in [0.5, 0.6) is 5.75 Å². The van der Waals surface area contributed by atoms with E-state index in [2.05, 4.69) is 4.98 Å². The highest BCUT2D eigenvalue weighted by Crippen LogP contribution is 2.28. The molecule has 0 unspecified atom stereocenters. The first kappa shape index (κ1) is 16.0. The molecule has 2 aromatic rings. The normalized spacial score (nSPS) is 14.9. The first-order chi connectivity index (χ1) is 11.2. The Bertz CT molecular complexity index is 660. The molecule has 1 aliphatic rings. The van der Waals surface area contributed by atoms with E-state index in [1.165, 1.54) is 24.2 Å². The molecule has 4 nitrogen and oxygen atoms in total. The van der Waals surface area contributed by atoms with Crippen LogP contribution in [0.2, 0.25) is 0 Å². The molecule has 1 saturated carbocycles. The average Bonchev–Trinajstić information content (AvgIpc) is 3.27. The zero-order valence-corrected chi connectivity index (χ0v) is 14.4. The number of benzene rings is 1. The van der Waals surface area contributed by atoms with E-state index in [0.717, 1.165) is 35.7 Å². The highest BCUT2D eigenvalue weighted by Gasteiger charge is 2.27. The van der Waals surface area contributed by atoms with Crippen molar-refractivity contribution >= 4 is 17.2 Å². The smallest absolute Gasteiger partial charge is 0.273 e. The molecule has 0 bridgehead atoms. The fraction of sp³-hybridized carbons (Fsp3) is 0.444. The first-order valence-corrected chi connectivity index (χ1v) is 9.01. The summed E-state index contributed by atoms with van der Waals surface area (Å²) in [6.07, 6.45) is 4.69.